The highest BCUT2D eigenvalue weighted by molar-refractivity contribution is 9.10. The zero-order valence-corrected chi connectivity index (χ0v) is 33.9. The molecule has 0 unspecified atom stereocenters. The summed E-state index contributed by atoms with van der Waals surface area (Å²) in [7, 11) is 9.45. The van der Waals surface area contributed by atoms with Crippen molar-refractivity contribution in [2.45, 2.75) is 0 Å². The lowest BCUT2D eigenvalue weighted by molar-refractivity contribution is 0.327. The molecule has 0 aliphatic heterocycles. The van der Waals surface area contributed by atoms with E-state index in [9.17, 15) is 9.59 Å². The van der Waals surface area contributed by atoms with Crippen LogP contribution in [0.1, 0.15) is 0 Å². The van der Waals surface area contributed by atoms with Crippen molar-refractivity contribution in [3.05, 3.63) is 152 Å². The Morgan fingerprint density at radius 3 is 1.33 bits per heavy atom. The number of fused-ring (bicyclic) bond motifs is 4. The van der Waals surface area contributed by atoms with Crippen molar-refractivity contribution in [1.29, 1.82) is 0 Å². The maximum Gasteiger partial charge on any atom is 0.203 e. The van der Waals surface area contributed by atoms with Crippen LogP contribution in [-0.2, 0) is 0 Å². The second-order valence-corrected chi connectivity index (χ2v) is 13.9. The van der Waals surface area contributed by atoms with Gasteiger partial charge in [-0.25, -0.2) is 0 Å². The normalized spacial score (nSPS) is 10.9. The molecule has 0 heterocycles. The van der Waals surface area contributed by atoms with Crippen LogP contribution in [0.2, 0.25) is 0 Å². The largest absolute Gasteiger partial charge is 0.493 e. The lowest BCUT2D eigenvalue weighted by atomic mass is 9.98. The summed E-state index contributed by atoms with van der Waals surface area (Å²) < 4.78 is 33.8. The van der Waals surface area contributed by atoms with Crippen molar-refractivity contribution in [3.8, 4) is 56.8 Å². The fraction of sp³-hybridized carbons (Fsp3) is 0.125. The minimum absolute atomic E-state index is 0.0839. The smallest absolute Gasteiger partial charge is 0.203 e. The van der Waals surface area contributed by atoms with Crippen molar-refractivity contribution < 1.29 is 28.4 Å². The number of ether oxygens (including phenoxy) is 6. The van der Waals surface area contributed by atoms with Crippen LogP contribution in [-0.4, -0.2) is 42.7 Å². The Hall–Kier alpha value is -6.58. The first-order chi connectivity index (χ1) is 27.7. The number of halogens is 1. The van der Waals surface area contributed by atoms with Gasteiger partial charge >= 0.3 is 0 Å². The fourth-order valence-corrected chi connectivity index (χ4v) is 7.56. The Kier molecular flexibility index (Phi) is 11.3. The molecule has 8 aromatic rings. The second kappa shape index (κ2) is 16.6. The van der Waals surface area contributed by atoms with E-state index in [2.05, 4.69) is 64.5 Å². The van der Waals surface area contributed by atoms with Gasteiger partial charge in [0.25, 0.3) is 0 Å². The van der Waals surface area contributed by atoms with Gasteiger partial charge < -0.3 is 28.4 Å². The molecule has 0 radical (unpaired) electrons. The van der Waals surface area contributed by atoms with Gasteiger partial charge in [-0.1, -0.05) is 72.8 Å². The third-order valence-electron chi connectivity index (χ3n) is 9.92. The van der Waals surface area contributed by atoms with E-state index in [1.807, 2.05) is 48.5 Å². The summed E-state index contributed by atoms with van der Waals surface area (Å²) in [6, 6.07) is 40.8. The van der Waals surface area contributed by atoms with Crippen molar-refractivity contribution in [2.24, 2.45) is 0 Å². The zero-order chi connectivity index (χ0) is 40.2. The zero-order valence-electron chi connectivity index (χ0n) is 32.3. The molecule has 0 N–H and O–H groups in total. The van der Waals surface area contributed by atoms with Crippen LogP contribution >= 0.6 is 15.9 Å². The van der Waals surface area contributed by atoms with Gasteiger partial charge in [0.05, 0.1) is 47.1 Å². The van der Waals surface area contributed by atoms with Crippen LogP contribution in [0, 0.1) is 0 Å². The van der Waals surface area contributed by atoms with Gasteiger partial charge in [-0.3, -0.25) is 9.59 Å². The van der Waals surface area contributed by atoms with Crippen LogP contribution in [0.3, 0.4) is 0 Å². The fourth-order valence-electron chi connectivity index (χ4n) is 7.21. The van der Waals surface area contributed by atoms with Gasteiger partial charge in [0.15, 0.2) is 33.9 Å². The summed E-state index contributed by atoms with van der Waals surface area (Å²) >= 11 is 3.40. The lowest BCUT2D eigenvalue weighted by Gasteiger charge is -2.15. The predicted molar refractivity (Wildman–Crippen MR) is 233 cm³/mol. The van der Waals surface area contributed by atoms with E-state index in [0.717, 1.165) is 65.3 Å². The molecule has 0 spiro atoms. The van der Waals surface area contributed by atoms with Crippen LogP contribution in [0.5, 0.6) is 34.5 Å². The van der Waals surface area contributed by atoms with Crippen LogP contribution < -0.4 is 39.3 Å². The van der Waals surface area contributed by atoms with E-state index in [-0.39, 0.29) is 10.9 Å². The topological polar surface area (TPSA) is 89.5 Å². The molecular formula is C48H39BrO8. The molecule has 0 saturated carbocycles. The molecule has 0 amide bonds. The summed E-state index contributed by atoms with van der Waals surface area (Å²) in [5.74, 6) is 3.12. The lowest BCUT2D eigenvalue weighted by Crippen LogP contribution is -1.96. The van der Waals surface area contributed by atoms with Crippen molar-refractivity contribution in [3.63, 3.8) is 0 Å². The van der Waals surface area contributed by atoms with Crippen LogP contribution in [0.25, 0.3) is 65.3 Å². The van der Waals surface area contributed by atoms with E-state index >= 15 is 0 Å². The number of rotatable bonds is 8. The number of hydrogen-bond donors (Lipinski definition) is 0. The van der Waals surface area contributed by atoms with Crippen molar-refractivity contribution in [2.75, 3.05) is 42.7 Å². The van der Waals surface area contributed by atoms with Crippen molar-refractivity contribution >= 4 is 59.0 Å². The quantitative estimate of drug-likeness (QED) is 0.150. The Morgan fingerprint density at radius 1 is 0.386 bits per heavy atom. The Labute approximate surface area is 337 Å². The maximum absolute atomic E-state index is 12.7. The van der Waals surface area contributed by atoms with Gasteiger partial charge in [0.2, 0.25) is 11.5 Å². The van der Waals surface area contributed by atoms with Crippen LogP contribution in [0.4, 0.5) is 0 Å². The minimum Gasteiger partial charge on any atom is -0.493 e. The molecule has 0 aliphatic rings. The molecule has 8 nitrogen and oxygen atoms in total. The third-order valence-corrected chi connectivity index (χ3v) is 10.5. The summed E-state index contributed by atoms with van der Waals surface area (Å²) in [5.41, 5.74) is 3.29. The number of hydrogen-bond acceptors (Lipinski definition) is 8. The van der Waals surface area contributed by atoms with E-state index in [1.54, 1.807) is 73.0 Å². The molecular weight excluding hydrogens is 784 g/mol. The minimum atomic E-state index is -0.121. The Balaban J connectivity index is 0.000000174. The Morgan fingerprint density at radius 2 is 0.842 bits per heavy atom. The maximum atomic E-state index is 12.7. The predicted octanol–water partition coefficient (Wildman–Crippen LogP) is 10.9. The SMILES string of the molecule is COc1cc2c(-c3ccc4ccccc4c3)cc(=O)c(Br)cc2c(OC)c1OC.COc1cc2c(-c3ccc4ccccc4c3)cc(=O)ccc2c(OC)c1OC. The van der Waals surface area contributed by atoms with Gasteiger partial charge in [-0.15, -0.1) is 0 Å². The van der Waals surface area contributed by atoms with Crippen molar-refractivity contribution in [1.82, 2.24) is 0 Å². The molecule has 0 bridgehead atoms. The third kappa shape index (κ3) is 7.42. The summed E-state index contributed by atoms with van der Waals surface area (Å²) in [5, 5.41) is 7.72. The standard InChI is InChI=1S/C24H19BrO4.C24H20O4/c1-27-22-13-18-17(16-9-8-14-6-4-5-7-15(14)10-16)12-21(26)20(25)11-19(18)23(28-2)24(22)29-3;1-26-22-14-21-19(23(27-2)24(22)28-3)11-10-18(25)13-20(21)17-9-8-15-6-4-5-7-16(15)12-17/h4-13H,1-3H3;4-14H,1-3H3. The first kappa shape index (κ1) is 38.7. The van der Waals surface area contributed by atoms with Crippen LogP contribution in [0.15, 0.2) is 141 Å². The highest BCUT2D eigenvalue weighted by Crippen LogP contribution is 2.47. The van der Waals surface area contributed by atoms with Gasteiger partial charge in [0.1, 0.15) is 0 Å². The average molecular weight is 824 g/mol. The molecule has 8 aromatic carbocycles. The molecule has 8 rings (SSSR count). The van der Waals surface area contributed by atoms with Gasteiger partial charge in [-0.2, -0.15) is 0 Å². The first-order valence-electron chi connectivity index (χ1n) is 17.9. The van der Waals surface area contributed by atoms with E-state index in [1.165, 1.54) is 0 Å². The highest BCUT2D eigenvalue weighted by atomic mass is 79.9. The summed E-state index contributed by atoms with van der Waals surface area (Å²) in [4.78, 5) is 25.2. The summed E-state index contributed by atoms with van der Waals surface area (Å²) in [6.45, 7) is 0. The molecule has 0 atom stereocenters. The second-order valence-electron chi connectivity index (χ2n) is 13.0. The molecule has 0 saturated heterocycles. The van der Waals surface area contributed by atoms with Gasteiger partial charge in [0, 0.05) is 10.8 Å². The monoisotopic (exact) mass is 822 g/mol. The Bertz CT molecular complexity index is 2940. The molecule has 0 aromatic heterocycles. The van der Waals surface area contributed by atoms with E-state index in [4.69, 9.17) is 28.4 Å². The summed E-state index contributed by atoms with van der Waals surface area (Å²) in [6.07, 6.45) is 0. The van der Waals surface area contributed by atoms with Gasteiger partial charge in [-0.05, 0) is 125 Å². The first-order valence-corrected chi connectivity index (χ1v) is 18.7. The number of methoxy groups -OCH3 is 6. The molecule has 9 heteroatoms. The molecule has 57 heavy (non-hydrogen) atoms. The molecule has 286 valence electrons. The average Bonchev–Trinajstić information content (AvgIpc) is 3.49. The van der Waals surface area contributed by atoms with E-state index < -0.39 is 0 Å². The molecule has 0 aliphatic carbocycles. The highest BCUT2D eigenvalue weighted by Gasteiger charge is 2.20. The number of benzene rings is 6. The molecule has 0 fully saturated rings. The van der Waals surface area contributed by atoms with E-state index in [0.29, 0.717) is 39.0 Å².